The molecule has 148 valence electrons. The monoisotopic (exact) mass is 483 g/mol. The number of guanidine groups is 1. The summed E-state index contributed by atoms with van der Waals surface area (Å²) in [4.78, 5) is 4.29. The fourth-order valence-electron chi connectivity index (χ4n) is 2.47. The minimum absolute atomic E-state index is 0. The van der Waals surface area contributed by atoms with Crippen LogP contribution in [0, 0.1) is 13.8 Å². The van der Waals surface area contributed by atoms with Gasteiger partial charge in [-0.1, -0.05) is 42.0 Å². The van der Waals surface area contributed by atoms with Gasteiger partial charge in [-0.15, -0.1) is 24.0 Å². The number of benzene rings is 2. The molecule has 0 amide bonds. The highest BCUT2D eigenvalue weighted by Gasteiger charge is 2.06. The lowest BCUT2D eigenvalue weighted by Crippen LogP contribution is -2.36. The lowest BCUT2D eigenvalue weighted by molar-refractivity contribution is 0.145. The second kappa shape index (κ2) is 12.6. The zero-order valence-corrected chi connectivity index (χ0v) is 18.9. The third kappa shape index (κ3) is 8.17. The third-order valence-corrected chi connectivity index (χ3v) is 4.02. The van der Waals surface area contributed by atoms with E-state index in [2.05, 4.69) is 71.9 Å². The van der Waals surface area contributed by atoms with E-state index in [1.807, 2.05) is 0 Å². The van der Waals surface area contributed by atoms with Gasteiger partial charge < -0.3 is 20.1 Å². The Morgan fingerprint density at radius 3 is 2.26 bits per heavy atom. The first-order valence-electron chi connectivity index (χ1n) is 8.83. The van der Waals surface area contributed by atoms with E-state index in [9.17, 15) is 0 Å². The van der Waals surface area contributed by atoms with Crippen molar-refractivity contribution in [3.8, 4) is 5.75 Å². The number of nitrogens with one attached hydrogen (secondary N) is 2. The van der Waals surface area contributed by atoms with Gasteiger partial charge in [-0.2, -0.15) is 0 Å². The number of aryl methyl sites for hydroxylation is 2. The minimum Gasteiger partial charge on any atom is -0.491 e. The fraction of sp³-hybridized carbons (Fsp3) is 0.381. The Labute approximate surface area is 179 Å². The molecule has 0 aliphatic carbocycles. The van der Waals surface area contributed by atoms with Crippen LogP contribution >= 0.6 is 24.0 Å². The van der Waals surface area contributed by atoms with Crippen molar-refractivity contribution < 1.29 is 9.47 Å². The molecule has 0 aliphatic rings. The van der Waals surface area contributed by atoms with Crippen molar-refractivity contribution in [1.82, 2.24) is 10.6 Å². The number of hydrogen-bond acceptors (Lipinski definition) is 3. The van der Waals surface area contributed by atoms with Gasteiger partial charge in [-0.05, 0) is 31.0 Å². The van der Waals surface area contributed by atoms with Crippen LogP contribution in [0.15, 0.2) is 47.5 Å². The molecule has 0 heterocycles. The first kappa shape index (κ1) is 23.2. The van der Waals surface area contributed by atoms with Crippen LogP contribution in [-0.4, -0.2) is 33.3 Å². The largest absolute Gasteiger partial charge is 0.491 e. The van der Waals surface area contributed by atoms with Crippen LogP contribution in [0.1, 0.15) is 22.3 Å². The van der Waals surface area contributed by atoms with Gasteiger partial charge >= 0.3 is 0 Å². The van der Waals surface area contributed by atoms with E-state index in [0.29, 0.717) is 19.8 Å². The molecule has 0 spiro atoms. The van der Waals surface area contributed by atoms with Crippen LogP contribution in [0.4, 0.5) is 0 Å². The molecule has 0 aromatic heterocycles. The summed E-state index contributed by atoms with van der Waals surface area (Å²) in [7, 11) is 3.45. The van der Waals surface area contributed by atoms with Crippen LogP contribution in [0.3, 0.4) is 0 Å². The Balaban J connectivity index is 0.00000364. The van der Waals surface area contributed by atoms with Gasteiger partial charge in [0.2, 0.25) is 0 Å². The van der Waals surface area contributed by atoms with E-state index in [-0.39, 0.29) is 24.0 Å². The van der Waals surface area contributed by atoms with Gasteiger partial charge in [0, 0.05) is 32.8 Å². The quantitative estimate of drug-likeness (QED) is 0.260. The highest BCUT2D eigenvalue weighted by atomic mass is 127. The summed E-state index contributed by atoms with van der Waals surface area (Å²) in [5.41, 5.74) is 4.74. The number of methoxy groups -OCH3 is 1. The predicted octanol–water partition coefficient (Wildman–Crippen LogP) is 3.81. The van der Waals surface area contributed by atoms with E-state index in [1.165, 1.54) is 16.7 Å². The molecule has 2 aromatic carbocycles. The van der Waals surface area contributed by atoms with Crippen LogP contribution in [0.5, 0.6) is 5.75 Å². The zero-order chi connectivity index (χ0) is 18.8. The second-order valence-electron chi connectivity index (χ2n) is 6.22. The average molecular weight is 483 g/mol. The van der Waals surface area contributed by atoms with E-state index in [4.69, 9.17) is 9.47 Å². The molecule has 2 N–H and O–H groups in total. The molecule has 0 saturated carbocycles. The van der Waals surface area contributed by atoms with Crippen molar-refractivity contribution >= 4 is 29.9 Å². The molecular weight excluding hydrogens is 453 g/mol. The van der Waals surface area contributed by atoms with Crippen LogP contribution in [0.2, 0.25) is 0 Å². The minimum atomic E-state index is 0. The fourth-order valence-corrected chi connectivity index (χ4v) is 2.47. The first-order chi connectivity index (χ1) is 12.6. The SMILES string of the molecule is CN=C(NCc1ccc(C)cc1)NCc1ccc(C)cc1OCCOC.I. The maximum atomic E-state index is 5.84. The lowest BCUT2D eigenvalue weighted by atomic mass is 10.1. The van der Waals surface area contributed by atoms with Gasteiger partial charge in [0.1, 0.15) is 12.4 Å². The average Bonchev–Trinajstić information content (AvgIpc) is 2.65. The standard InChI is InChI=1S/C21H29N3O2.HI/c1-16-5-8-18(9-6-16)14-23-21(22-3)24-15-19-10-7-17(2)13-20(19)26-12-11-25-4;/h5-10,13H,11-12,14-15H2,1-4H3,(H2,22,23,24);1H. The predicted molar refractivity (Wildman–Crippen MR) is 122 cm³/mol. The molecule has 2 rings (SSSR count). The smallest absolute Gasteiger partial charge is 0.191 e. The molecule has 0 aliphatic heterocycles. The van der Waals surface area contributed by atoms with E-state index >= 15 is 0 Å². The molecule has 0 fully saturated rings. The summed E-state index contributed by atoms with van der Waals surface area (Å²) >= 11 is 0. The molecule has 2 aromatic rings. The maximum absolute atomic E-state index is 5.84. The number of aliphatic imine (C=N–C) groups is 1. The molecular formula is C21H30IN3O2. The molecule has 5 nitrogen and oxygen atoms in total. The maximum Gasteiger partial charge on any atom is 0.191 e. The summed E-state index contributed by atoms with van der Waals surface area (Å²) in [6.45, 7) is 6.61. The number of halogens is 1. The molecule has 0 unspecified atom stereocenters. The van der Waals surface area contributed by atoms with Crippen molar-refractivity contribution in [1.29, 1.82) is 0 Å². The molecule has 0 atom stereocenters. The lowest BCUT2D eigenvalue weighted by Gasteiger charge is -2.15. The van der Waals surface area contributed by atoms with Crippen molar-refractivity contribution in [2.75, 3.05) is 27.4 Å². The van der Waals surface area contributed by atoms with Gasteiger partial charge in [-0.3, -0.25) is 4.99 Å². The van der Waals surface area contributed by atoms with Gasteiger partial charge in [-0.25, -0.2) is 0 Å². The van der Waals surface area contributed by atoms with Gasteiger partial charge in [0.05, 0.1) is 6.61 Å². The second-order valence-corrected chi connectivity index (χ2v) is 6.22. The highest BCUT2D eigenvalue weighted by molar-refractivity contribution is 14.0. The number of nitrogens with zero attached hydrogens (tertiary/aromatic N) is 1. The molecule has 27 heavy (non-hydrogen) atoms. The number of ether oxygens (including phenoxy) is 2. The Bertz CT molecular complexity index is 718. The molecule has 0 bridgehead atoms. The Hall–Kier alpha value is -1.80. The summed E-state index contributed by atoms with van der Waals surface area (Å²) < 4.78 is 10.9. The summed E-state index contributed by atoms with van der Waals surface area (Å²) in [6.07, 6.45) is 0. The van der Waals surface area contributed by atoms with Gasteiger partial charge in [0.25, 0.3) is 0 Å². The van der Waals surface area contributed by atoms with Gasteiger partial charge in [0.15, 0.2) is 5.96 Å². The zero-order valence-electron chi connectivity index (χ0n) is 16.5. The number of hydrogen-bond donors (Lipinski definition) is 2. The van der Waals surface area contributed by atoms with E-state index in [1.54, 1.807) is 14.2 Å². The Morgan fingerprint density at radius 2 is 1.59 bits per heavy atom. The molecule has 0 radical (unpaired) electrons. The Kier molecular flexibility index (Phi) is 10.8. The van der Waals surface area contributed by atoms with Crippen LogP contribution in [0.25, 0.3) is 0 Å². The van der Waals surface area contributed by atoms with Crippen molar-refractivity contribution in [2.45, 2.75) is 26.9 Å². The first-order valence-corrected chi connectivity index (χ1v) is 8.83. The highest BCUT2D eigenvalue weighted by Crippen LogP contribution is 2.20. The van der Waals surface area contributed by atoms with Crippen LogP contribution < -0.4 is 15.4 Å². The Morgan fingerprint density at radius 1 is 0.926 bits per heavy atom. The number of rotatable bonds is 8. The van der Waals surface area contributed by atoms with Crippen molar-refractivity contribution in [3.05, 3.63) is 64.7 Å². The molecule has 6 heteroatoms. The van der Waals surface area contributed by atoms with Crippen molar-refractivity contribution in [2.24, 2.45) is 4.99 Å². The molecule has 0 saturated heterocycles. The summed E-state index contributed by atoms with van der Waals surface area (Å²) in [5.74, 6) is 1.64. The summed E-state index contributed by atoms with van der Waals surface area (Å²) in [6, 6.07) is 14.7. The summed E-state index contributed by atoms with van der Waals surface area (Å²) in [5, 5.41) is 6.68. The van der Waals surface area contributed by atoms with Crippen LogP contribution in [-0.2, 0) is 17.8 Å². The van der Waals surface area contributed by atoms with E-state index in [0.717, 1.165) is 23.8 Å². The topological polar surface area (TPSA) is 54.9 Å². The van der Waals surface area contributed by atoms with E-state index < -0.39 is 0 Å². The third-order valence-electron chi connectivity index (χ3n) is 4.02. The van der Waals surface area contributed by atoms with Crippen molar-refractivity contribution in [3.63, 3.8) is 0 Å². The normalized spacial score (nSPS) is 10.9.